The van der Waals surface area contributed by atoms with Crippen molar-refractivity contribution in [2.45, 2.75) is 33.0 Å². The van der Waals surface area contributed by atoms with E-state index in [0.717, 1.165) is 28.1 Å². The molecule has 0 unspecified atom stereocenters. The molecule has 158 valence electrons. The highest BCUT2D eigenvalue weighted by molar-refractivity contribution is 5.92. The summed E-state index contributed by atoms with van der Waals surface area (Å²) in [5.41, 5.74) is 0.769. The lowest BCUT2D eigenvalue weighted by molar-refractivity contribution is -0.137. The van der Waals surface area contributed by atoms with E-state index < -0.39 is 17.6 Å². The molecule has 0 aliphatic carbocycles. The number of halogens is 3. The molecule has 0 atom stereocenters. The van der Waals surface area contributed by atoms with Gasteiger partial charge in [-0.1, -0.05) is 31.2 Å². The number of hydrogen-bond donors (Lipinski definition) is 1. The van der Waals surface area contributed by atoms with E-state index in [1.807, 2.05) is 38.1 Å². The molecule has 0 bridgehead atoms. The van der Waals surface area contributed by atoms with Crippen LogP contribution in [-0.4, -0.2) is 32.7 Å². The predicted octanol–water partition coefficient (Wildman–Crippen LogP) is 4.09. The van der Waals surface area contributed by atoms with E-state index in [9.17, 15) is 18.0 Å². The normalized spacial score (nSPS) is 11.4. The molecular formula is C20H20F3N5O2. The van der Waals surface area contributed by atoms with Crippen LogP contribution >= 0.6 is 0 Å². The topological polar surface area (TPSA) is 81.9 Å². The summed E-state index contributed by atoms with van der Waals surface area (Å²) < 4.78 is 44.6. The molecule has 0 aliphatic heterocycles. The number of rotatable bonds is 7. The van der Waals surface area contributed by atoms with Crippen molar-refractivity contribution in [3.8, 4) is 17.1 Å². The number of hydrogen-bond acceptors (Lipinski definition) is 5. The third-order valence-corrected chi connectivity index (χ3v) is 4.17. The van der Waals surface area contributed by atoms with Gasteiger partial charge < -0.3 is 10.1 Å². The van der Waals surface area contributed by atoms with Crippen LogP contribution < -0.4 is 10.1 Å². The van der Waals surface area contributed by atoms with Crippen molar-refractivity contribution in [1.29, 1.82) is 0 Å². The van der Waals surface area contributed by atoms with Crippen molar-refractivity contribution in [2.75, 3.05) is 11.9 Å². The van der Waals surface area contributed by atoms with Crippen molar-refractivity contribution in [1.82, 2.24) is 20.2 Å². The Balaban J connectivity index is 1.76. The Morgan fingerprint density at radius 3 is 2.67 bits per heavy atom. The van der Waals surface area contributed by atoms with Gasteiger partial charge in [0.1, 0.15) is 12.3 Å². The van der Waals surface area contributed by atoms with E-state index in [1.165, 1.54) is 6.07 Å². The second kappa shape index (κ2) is 8.93. The maximum atomic E-state index is 13.0. The summed E-state index contributed by atoms with van der Waals surface area (Å²) in [7, 11) is 0. The molecule has 3 aromatic rings. The predicted molar refractivity (Wildman–Crippen MR) is 104 cm³/mol. The lowest BCUT2D eigenvalue weighted by atomic mass is 10.1. The largest absolute Gasteiger partial charge is 0.491 e. The van der Waals surface area contributed by atoms with E-state index in [2.05, 4.69) is 20.7 Å². The van der Waals surface area contributed by atoms with Crippen LogP contribution in [0.25, 0.3) is 11.4 Å². The van der Waals surface area contributed by atoms with Crippen LogP contribution in [0.1, 0.15) is 24.5 Å². The van der Waals surface area contributed by atoms with Crippen molar-refractivity contribution in [2.24, 2.45) is 0 Å². The van der Waals surface area contributed by atoms with Gasteiger partial charge in [-0.25, -0.2) is 0 Å². The molecule has 1 N–H and O–H groups in total. The summed E-state index contributed by atoms with van der Waals surface area (Å²) in [5, 5.41) is 14.4. The van der Waals surface area contributed by atoms with Gasteiger partial charge in [0, 0.05) is 5.56 Å². The molecule has 2 aromatic carbocycles. The molecule has 1 aromatic heterocycles. The number of tetrazole rings is 1. The van der Waals surface area contributed by atoms with Crippen LogP contribution in [0.15, 0.2) is 42.5 Å². The number of carbonyl (C=O) groups excluding carboxylic acids is 1. The molecule has 10 heteroatoms. The summed E-state index contributed by atoms with van der Waals surface area (Å²) in [6, 6.07) is 10.4. The number of anilines is 1. The van der Waals surface area contributed by atoms with Crippen molar-refractivity contribution >= 4 is 11.6 Å². The molecule has 1 amide bonds. The van der Waals surface area contributed by atoms with Crippen LogP contribution in [0.3, 0.4) is 0 Å². The number of nitrogens with one attached hydrogen (secondary N) is 1. The van der Waals surface area contributed by atoms with E-state index in [1.54, 1.807) is 0 Å². The van der Waals surface area contributed by atoms with Gasteiger partial charge in [-0.2, -0.15) is 18.0 Å². The number of aromatic nitrogens is 4. The van der Waals surface area contributed by atoms with E-state index in [-0.39, 0.29) is 18.0 Å². The van der Waals surface area contributed by atoms with Crippen LogP contribution in [0.2, 0.25) is 0 Å². The zero-order chi connectivity index (χ0) is 21.7. The summed E-state index contributed by atoms with van der Waals surface area (Å²) in [6.45, 7) is 3.75. The highest BCUT2D eigenvalue weighted by Crippen LogP contribution is 2.35. The fraction of sp³-hybridized carbons (Fsp3) is 0.300. The quantitative estimate of drug-likeness (QED) is 0.624. The Hall–Kier alpha value is -3.43. The maximum absolute atomic E-state index is 13.0. The van der Waals surface area contributed by atoms with Crippen LogP contribution in [0, 0.1) is 6.92 Å². The second-order valence-corrected chi connectivity index (χ2v) is 6.56. The van der Waals surface area contributed by atoms with Gasteiger partial charge in [0.2, 0.25) is 11.7 Å². The fourth-order valence-electron chi connectivity index (χ4n) is 2.70. The lowest BCUT2D eigenvalue weighted by Gasteiger charge is -2.15. The molecule has 0 fully saturated rings. The van der Waals surface area contributed by atoms with Gasteiger partial charge in [0.15, 0.2) is 0 Å². The number of benzene rings is 2. The molecule has 30 heavy (non-hydrogen) atoms. The fourth-order valence-corrected chi connectivity index (χ4v) is 2.70. The smallest absolute Gasteiger partial charge is 0.416 e. The number of carbonyl (C=O) groups is 1. The number of alkyl halides is 3. The molecule has 0 radical (unpaired) electrons. The Morgan fingerprint density at radius 2 is 1.97 bits per heavy atom. The molecule has 0 spiro atoms. The Morgan fingerprint density at radius 1 is 1.20 bits per heavy atom. The monoisotopic (exact) mass is 419 g/mol. The van der Waals surface area contributed by atoms with Crippen molar-refractivity contribution < 1.29 is 22.7 Å². The van der Waals surface area contributed by atoms with Gasteiger partial charge in [-0.05, 0) is 42.3 Å². The number of ether oxygens (including phenoxy) is 1. The zero-order valence-electron chi connectivity index (χ0n) is 16.4. The third-order valence-electron chi connectivity index (χ3n) is 4.17. The van der Waals surface area contributed by atoms with Gasteiger partial charge in [0.25, 0.3) is 0 Å². The minimum Gasteiger partial charge on any atom is -0.491 e. The number of amides is 1. The minimum absolute atomic E-state index is 0.0671. The Labute approximate surface area is 170 Å². The average Bonchev–Trinajstić information content (AvgIpc) is 3.14. The molecule has 1 heterocycles. The van der Waals surface area contributed by atoms with Crippen LogP contribution in [0.4, 0.5) is 18.9 Å². The summed E-state index contributed by atoms with van der Waals surface area (Å²) >= 11 is 0. The first-order valence-corrected chi connectivity index (χ1v) is 9.25. The van der Waals surface area contributed by atoms with Gasteiger partial charge in [-0.15, -0.1) is 10.2 Å². The summed E-state index contributed by atoms with van der Waals surface area (Å²) in [5.74, 6) is -0.0957. The Kier molecular flexibility index (Phi) is 6.34. The SMILES string of the molecule is CCCOc1ccc(C(F)(F)F)cc1NC(=O)Cn1nnc(-c2ccccc2C)n1. The number of nitrogens with zero attached hydrogens (tertiary/aromatic N) is 4. The van der Waals surface area contributed by atoms with E-state index in [0.29, 0.717) is 18.9 Å². The third kappa shape index (κ3) is 5.13. The first kappa shape index (κ1) is 21.3. The zero-order valence-corrected chi connectivity index (χ0v) is 16.4. The summed E-state index contributed by atoms with van der Waals surface area (Å²) in [4.78, 5) is 13.5. The highest BCUT2D eigenvalue weighted by Gasteiger charge is 2.31. The van der Waals surface area contributed by atoms with Crippen LogP contribution in [0.5, 0.6) is 5.75 Å². The molecular weight excluding hydrogens is 399 g/mol. The molecule has 0 saturated heterocycles. The van der Waals surface area contributed by atoms with Crippen LogP contribution in [-0.2, 0) is 17.5 Å². The standard InChI is InChI=1S/C20H20F3N5O2/c1-3-10-30-17-9-8-14(20(21,22)23)11-16(17)24-18(29)12-28-26-19(25-27-28)15-7-5-4-6-13(15)2/h4-9,11H,3,10,12H2,1-2H3,(H,24,29). The molecule has 7 nitrogen and oxygen atoms in total. The molecule has 0 aliphatic rings. The van der Waals surface area contributed by atoms with Crippen molar-refractivity contribution in [3.63, 3.8) is 0 Å². The molecule has 0 saturated carbocycles. The first-order valence-electron chi connectivity index (χ1n) is 9.25. The average molecular weight is 419 g/mol. The first-order chi connectivity index (χ1) is 14.3. The Bertz CT molecular complexity index is 1030. The summed E-state index contributed by atoms with van der Waals surface area (Å²) in [6.07, 6.45) is -3.88. The lowest BCUT2D eigenvalue weighted by Crippen LogP contribution is -2.21. The van der Waals surface area contributed by atoms with Crippen molar-refractivity contribution in [3.05, 3.63) is 53.6 Å². The second-order valence-electron chi connectivity index (χ2n) is 6.56. The van der Waals surface area contributed by atoms with E-state index in [4.69, 9.17) is 4.74 Å². The maximum Gasteiger partial charge on any atom is 0.416 e. The van der Waals surface area contributed by atoms with Gasteiger partial charge in [0.05, 0.1) is 17.9 Å². The van der Waals surface area contributed by atoms with Gasteiger partial charge >= 0.3 is 6.18 Å². The number of aryl methyl sites for hydroxylation is 1. The van der Waals surface area contributed by atoms with Gasteiger partial charge in [-0.3, -0.25) is 4.79 Å². The minimum atomic E-state index is -4.54. The van der Waals surface area contributed by atoms with E-state index >= 15 is 0 Å². The highest BCUT2D eigenvalue weighted by atomic mass is 19.4. The molecule has 3 rings (SSSR count).